The summed E-state index contributed by atoms with van der Waals surface area (Å²) in [6.07, 6.45) is 0. The number of amides is 1. The topological polar surface area (TPSA) is 114 Å². The molecule has 0 radical (unpaired) electrons. The van der Waals surface area contributed by atoms with Gasteiger partial charge in [0.2, 0.25) is 27.6 Å². The van der Waals surface area contributed by atoms with Gasteiger partial charge < -0.3 is 9.84 Å². The lowest BCUT2D eigenvalue weighted by Crippen LogP contribution is -2.36. The van der Waals surface area contributed by atoms with E-state index in [-0.39, 0.29) is 17.3 Å². The molecule has 0 aliphatic carbocycles. The van der Waals surface area contributed by atoms with Crippen molar-refractivity contribution in [2.45, 2.75) is 25.3 Å². The second-order valence-electron chi connectivity index (χ2n) is 6.31. The number of sulfonamides is 1. The van der Waals surface area contributed by atoms with Gasteiger partial charge in [-0.25, -0.2) is 13.1 Å². The Balaban J connectivity index is 1.67. The Kier molecular flexibility index (Phi) is 6.31. The number of benzene rings is 2. The van der Waals surface area contributed by atoms with Gasteiger partial charge in [-0.2, -0.15) is 4.98 Å². The highest BCUT2D eigenvalue weighted by molar-refractivity contribution is 7.89. The average Bonchev–Trinajstić information content (AvgIpc) is 3.12. The van der Waals surface area contributed by atoms with Crippen LogP contribution in [0.4, 0.5) is 0 Å². The summed E-state index contributed by atoms with van der Waals surface area (Å²) in [5.74, 6) is 0.186. The molecule has 1 amide bonds. The largest absolute Gasteiger partial charge is 0.351 e. The molecule has 0 bridgehead atoms. The van der Waals surface area contributed by atoms with Crippen molar-refractivity contribution in [3.63, 3.8) is 0 Å². The Morgan fingerprint density at radius 1 is 1.17 bits per heavy atom. The summed E-state index contributed by atoms with van der Waals surface area (Å²) in [6, 6.07) is 11.9. The molecule has 1 aromatic heterocycles. The zero-order valence-electron chi connectivity index (χ0n) is 15.8. The second-order valence-corrected chi connectivity index (χ2v) is 8.45. The number of hydrogen-bond donors (Lipinski definition) is 2. The van der Waals surface area contributed by atoms with E-state index in [1.165, 1.54) is 6.07 Å². The Hall–Kier alpha value is -2.75. The van der Waals surface area contributed by atoms with Crippen LogP contribution >= 0.6 is 11.6 Å². The minimum atomic E-state index is -3.92. The van der Waals surface area contributed by atoms with Gasteiger partial charge >= 0.3 is 0 Å². The van der Waals surface area contributed by atoms with Crippen LogP contribution in [-0.4, -0.2) is 31.0 Å². The number of carbonyl (C=O) groups is 1. The van der Waals surface area contributed by atoms with E-state index in [4.69, 9.17) is 16.1 Å². The van der Waals surface area contributed by atoms with Crippen molar-refractivity contribution in [1.82, 2.24) is 20.2 Å². The van der Waals surface area contributed by atoms with Gasteiger partial charge in [0.05, 0.1) is 11.4 Å². The van der Waals surface area contributed by atoms with Crippen molar-refractivity contribution in [3.8, 4) is 11.4 Å². The van der Waals surface area contributed by atoms with E-state index in [0.29, 0.717) is 22.0 Å². The highest BCUT2D eigenvalue weighted by Crippen LogP contribution is 2.23. The standard InChI is InChI=1S/C19H19ClN4O4S/c1-12-7-8-14(19-23-13(2)28-24-19)9-17(12)29(26,27)22-11-18(25)21-10-15-5-3-4-6-16(15)20/h3-9,22H,10-11H2,1-2H3,(H,21,25). The maximum absolute atomic E-state index is 12.7. The van der Waals surface area contributed by atoms with E-state index in [1.807, 2.05) is 0 Å². The van der Waals surface area contributed by atoms with Gasteiger partial charge in [0.1, 0.15) is 0 Å². The van der Waals surface area contributed by atoms with Crippen LogP contribution in [-0.2, 0) is 21.4 Å². The molecule has 0 aliphatic rings. The molecule has 0 saturated heterocycles. The fraction of sp³-hybridized carbons (Fsp3) is 0.211. The summed E-state index contributed by atoms with van der Waals surface area (Å²) in [7, 11) is -3.92. The van der Waals surface area contributed by atoms with Gasteiger partial charge in [-0.05, 0) is 30.2 Å². The van der Waals surface area contributed by atoms with Crippen molar-refractivity contribution >= 4 is 27.5 Å². The molecule has 0 saturated carbocycles. The number of aryl methyl sites for hydroxylation is 2. The molecule has 2 N–H and O–H groups in total. The van der Waals surface area contributed by atoms with Crippen LogP contribution in [0, 0.1) is 13.8 Å². The van der Waals surface area contributed by atoms with Crippen LogP contribution in [0.3, 0.4) is 0 Å². The summed E-state index contributed by atoms with van der Waals surface area (Å²) >= 11 is 6.04. The molecule has 152 valence electrons. The number of hydrogen-bond acceptors (Lipinski definition) is 6. The third kappa shape index (κ3) is 5.20. The van der Waals surface area contributed by atoms with Crippen LogP contribution in [0.5, 0.6) is 0 Å². The first-order chi connectivity index (χ1) is 13.8. The lowest BCUT2D eigenvalue weighted by atomic mass is 10.1. The molecular formula is C19H19ClN4O4S. The molecule has 0 atom stereocenters. The second kappa shape index (κ2) is 8.73. The lowest BCUT2D eigenvalue weighted by molar-refractivity contribution is -0.120. The van der Waals surface area contributed by atoms with Crippen molar-refractivity contribution in [3.05, 3.63) is 64.5 Å². The number of halogens is 1. The number of aromatic nitrogens is 2. The van der Waals surface area contributed by atoms with Crippen molar-refractivity contribution in [2.24, 2.45) is 0 Å². The van der Waals surface area contributed by atoms with Gasteiger partial charge in [0.25, 0.3) is 0 Å². The van der Waals surface area contributed by atoms with Gasteiger partial charge in [0.15, 0.2) is 0 Å². The van der Waals surface area contributed by atoms with Gasteiger partial charge in [-0.1, -0.05) is 47.1 Å². The maximum Gasteiger partial charge on any atom is 0.241 e. The fourth-order valence-corrected chi connectivity index (χ4v) is 4.03. The van der Waals surface area contributed by atoms with E-state index in [1.54, 1.807) is 50.2 Å². The van der Waals surface area contributed by atoms with Crippen molar-refractivity contribution < 1.29 is 17.7 Å². The number of nitrogens with one attached hydrogen (secondary N) is 2. The van der Waals surface area contributed by atoms with E-state index in [2.05, 4.69) is 20.2 Å². The third-order valence-corrected chi connectivity index (χ3v) is 6.03. The van der Waals surface area contributed by atoms with E-state index in [9.17, 15) is 13.2 Å². The molecule has 0 aliphatic heterocycles. The Labute approximate surface area is 173 Å². The van der Waals surface area contributed by atoms with Crippen LogP contribution in [0.25, 0.3) is 11.4 Å². The Morgan fingerprint density at radius 2 is 1.93 bits per heavy atom. The van der Waals surface area contributed by atoms with Crippen LogP contribution < -0.4 is 10.0 Å². The molecule has 0 spiro atoms. The summed E-state index contributed by atoms with van der Waals surface area (Å²) < 4.78 is 32.6. The minimum absolute atomic E-state index is 0.0383. The third-order valence-electron chi connectivity index (χ3n) is 4.12. The molecule has 10 heteroatoms. The zero-order valence-corrected chi connectivity index (χ0v) is 17.3. The summed E-state index contributed by atoms with van der Waals surface area (Å²) in [5, 5.41) is 6.96. The van der Waals surface area contributed by atoms with Crippen LogP contribution in [0.15, 0.2) is 51.9 Å². The number of nitrogens with zero attached hydrogens (tertiary/aromatic N) is 2. The van der Waals surface area contributed by atoms with Crippen molar-refractivity contribution in [1.29, 1.82) is 0 Å². The summed E-state index contributed by atoms with van der Waals surface area (Å²) in [5.41, 5.74) is 1.76. The number of rotatable bonds is 7. The lowest BCUT2D eigenvalue weighted by Gasteiger charge is -2.11. The molecule has 29 heavy (non-hydrogen) atoms. The first-order valence-corrected chi connectivity index (χ1v) is 10.5. The molecule has 2 aromatic carbocycles. The highest BCUT2D eigenvalue weighted by Gasteiger charge is 2.20. The normalized spacial score (nSPS) is 11.4. The van der Waals surface area contributed by atoms with E-state index >= 15 is 0 Å². The van der Waals surface area contributed by atoms with Crippen molar-refractivity contribution in [2.75, 3.05) is 6.54 Å². The van der Waals surface area contributed by atoms with Crippen LogP contribution in [0.2, 0.25) is 5.02 Å². The van der Waals surface area contributed by atoms with Gasteiger partial charge in [-0.15, -0.1) is 0 Å². The monoisotopic (exact) mass is 434 g/mol. The first kappa shape index (κ1) is 21.0. The average molecular weight is 435 g/mol. The molecular weight excluding hydrogens is 416 g/mol. The van der Waals surface area contributed by atoms with E-state index < -0.39 is 22.5 Å². The molecule has 0 unspecified atom stereocenters. The number of carbonyl (C=O) groups excluding carboxylic acids is 1. The Morgan fingerprint density at radius 3 is 2.62 bits per heavy atom. The molecule has 3 rings (SSSR count). The quantitative estimate of drug-likeness (QED) is 0.590. The molecule has 3 aromatic rings. The van der Waals surface area contributed by atoms with Crippen LogP contribution in [0.1, 0.15) is 17.0 Å². The summed E-state index contributed by atoms with van der Waals surface area (Å²) in [6.45, 7) is 3.10. The predicted molar refractivity (Wildman–Crippen MR) is 108 cm³/mol. The fourth-order valence-electron chi connectivity index (χ4n) is 2.58. The highest BCUT2D eigenvalue weighted by atomic mass is 35.5. The summed E-state index contributed by atoms with van der Waals surface area (Å²) in [4.78, 5) is 16.2. The van der Waals surface area contributed by atoms with Gasteiger partial charge in [0, 0.05) is 24.1 Å². The zero-order chi connectivity index (χ0) is 21.0. The Bertz CT molecular complexity index is 1140. The molecule has 1 heterocycles. The van der Waals surface area contributed by atoms with E-state index in [0.717, 1.165) is 5.56 Å². The minimum Gasteiger partial charge on any atom is -0.351 e. The maximum atomic E-state index is 12.7. The van der Waals surface area contributed by atoms with Gasteiger partial charge in [-0.3, -0.25) is 4.79 Å². The molecule has 0 fully saturated rings. The first-order valence-electron chi connectivity index (χ1n) is 8.67. The smallest absolute Gasteiger partial charge is 0.241 e. The SMILES string of the molecule is Cc1nc(-c2ccc(C)c(S(=O)(=O)NCC(=O)NCc3ccccc3Cl)c2)no1. The molecule has 8 nitrogen and oxygen atoms in total. The predicted octanol–water partition coefficient (Wildman–Crippen LogP) is 2.60.